The van der Waals surface area contributed by atoms with Crippen LogP contribution in [0.25, 0.3) is 0 Å². The monoisotopic (exact) mass is 346 g/mol. The number of alkyl halides is 3. The minimum Gasteiger partial charge on any atom is -0.352 e. The largest absolute Gasteiger partial charge is 0.391 e. The predicted octanol–water partition coefficient (Wildman–Crippen LogP) is 2.79. The first kappa shape index (κ1) is 18.2. The van der Waals surface area contributed by atoms with E-state index in [9.17, 15) is 27.2 Å². The van der Waals surface area contributed by atoms with Gasteiger partial charge in [0.1, 0.15) is 5.82 Å². The summed E-state index contributed by atoms with van der Waals surface area (Å²) in [5.41, 5.74) is 0.194. The number of nitrogens with one attached hydrogen (secondary N) is 2. The zero-order valence-corrected chi connectivity index (χ0v) is 12.8. The van der Waals surface area contributed by atoms with Gasteiger partial charge in [0.05, 0.1) is 12.5 Å². The van der Waals surface area contributed by atoms with Crippen molar-refractivity contribution in [3.05, 3.63) is 35.6 Å². The van der Waals surface area contributed by atoms with Gasteiger partial charge in [-0.1, -0.05) is 6.42 Å². The lowest BCUT2D eigenvalue weighted by Gasteiger charge is -2.31. The molecular formula is C16H18F4N2O2. The average molecular weight is 346 g/mol. The lowest BCUT2D eigenvalue weighted by molar-refractivity contribution is -0.184. The molecule has 1 aliphatic carbocycles. The fourth-order valence-electron chi connectivity index (χ4n) is 2.76. The van der Waals surface area contributed by atoms with Crippen LogP contribution < -0.4 is 10.6 Å². The van der Waals surface area contributed by atoms with Crippen LogP contribution in [0.4, 0.5) is 17.6 Å². The molecule has 1 fully saturated rings. The van der Waals surface area contributed by atoms with E-state index in [1.54, 1.807) is 0 Å². The third kappa shape index (κ3) is 5.21. The van der Waals surface area contributed by atoms with Crippen molar-refractivity contribution in [2.75, 3.05) is 6.54 Å². The highest BCUT2D eigenvalue weighted by Gasteiger charge is 2.42. The van der Waals surface area contributed by atoms with E-state index in [2.05, 4.69) is 10.6 Å². The van der Waals surface area contributed by atoms with Crippen molar-refractivity contribution >= 4 is 11.8 Å². The molecule has 0 aromatic heterocycles. The fraction of sp³-hybridized carbons (Fsp3) is 0.500. The van der Waals surface area contributed by atoms with Crippen LogP contribution in [0.1, 0.15) is 36.0 Å². The van der Waals surface area contributed by atoms with Gasteiger partial charge in [-0.05, 0) is 43.5 Å². The molecule has 2 rings (SSSR count). The maximum atomic E-state index is 12.8. The van der Waals surface area contributed by atoms with Crippen LogP contribution in [-0.2, 0) is 4.79 Å². The first-order chi connectivity index (χ1) is 11.3. The Morgan fingerprint density at radius 2 is 1.79 bits per heavy atom. The highest BCUT2D eigenvalue weighted by Crippen LogP contribution is 2.37. The lowest BCUT2D eigenvalue weighted by atomic mass is 9.85. The molecule has 8 heteroatoms. The average Bonchev–Trinajstić information content (AvgIpc) is 2.53. The maximum absolute atomic E-state index is 12.8. The van der Waals surface area contributed by atoms with E-state index in [-0.39, 0.29) is 24.9 Å². The van der Waals surface area contributed by atoms with Crippen molar-refractivity contribution in [2.45, 2.75) is 37.9 Å². The van der Waals surface area contributed by atoms with Gasteiger partial charge in [0.25, 0.3) is 5.91 Å². The SMILES string of the molecule is O=C(CNC(=O)c1ccc(F)cc1)NC1CCCC(C(F)(F)F)C1. The van der Waals surface area contributed by atoms with Crippen LogP contribution in [0.3, 0.4) is 0 Å². The number of halogens is 4. The van der Waals surface area contributed by atoms with Crippen molar-refractivity contribution in [2.24, 2.45) is 5.92 Å². The van der Waals surface area contributed by atoms with Crippen molar-refractivity contribution in [1.82, 2.24) is 10.6 Å². The quantitative estimate of drug-likeness (QED) is 0.824. The number of hydrogen-bond acceptors (Lipinski definition) is 2. The Bertz CT molecular complexity index is 587. The molecule has 2 amide bonds. The molecule has 0 radical (unpaired) electrons. The Hall–Kier alpha value is -2.12. The zero-order valence-electron chi connectivity index (χ0n) is 12.8. The molecule has 132 valence electrons. The van der Waals surface area contributed by atoms with Crippen LogP contribution in [0, 0.1) is 11.7 Å². The van der Waals surface area contributed by atoms with Crippen LogP contribution in [0.5, 0.6) is 0 Å². The van der Waals surface area contributed by atoms with Crippen LogP contribution >= 0.6 is 0 Å². The smallest absolute Gasteiger partial charge is 0.352 e. The summed E-state index contributed by atoms with van der Waals surface area (Å²) >= 11 is 0. The Labute approximate surface area is 136 Å². The number of benzene rings is 1. The minimum atomic E-state index is -4.25. The fourth-order valence-corrected chi connectivity index (χ4v) is 2.76. The minimum absolute atomic E-state index is 0.0805. The summed E-state index contributed by atoms with van der Waals surface area (Å²) in [6.45, 7) is -0.344. The molecule has 2 N–H and O–H groups in total. The van der Waals surface area contributed by atoms with Crippen LogP contribution in [-0.4, -0.2) is 30.6 Å². The molecule has 2 atom stereocenters. The van der Waals surface area contributed by atoms with Crippen molar-refractivity contribution in [3.8, 4) is 0 Å². The molecule has 0 bridgehead atoms. The maximum Gasteiger partial charge on any atom is 0.391 e. The molecule has 4 nitrogen and oxygen atoms in total. The lowest BCUT2D eigenvalue weighted by Crippen LogP contribution is -2.45. The highest BCUT2D eigenvalue weighted by molar-refractivity contribution is 5.96. The van der Waals surface area contributed by atoms with E-state index in [4.69, 9.17) is 0 Å². The Morgan fingerprint density at radius 1 is 1.12 bits per heavy atom. The van der Waals surface area contributed by atoms with Gasteiger partial charge in [-0.2, -0.15) is 13.2 Å². The number of rotatable bonds is 4. The van der Waals surface area contributed by atoms with E-state index < -0.39 is 35.8 Å². The summed E-state index contributed by atoms with van der Waals surface area (Å²) < 4.78 is 50.9. The summed E-state index contributed by atoms with van der Waals surface area (Å²) in [7, 11) is 0. The van der Waals surface area contributed by atoms with E-state index in [0.717, 1.165) is 12.1 Å². The predicted molar refractivity (Wildman–Crippen MR) is 78.7 cm³/mol. The summed E-state index contributed by atoms with van der Waals surface area (Å²) in [5, 5.41) is 4.88. The second kappa shape index (κ2) is 7.63. The van der Waals surface area contributed by atoms with Crippen molar-refractivity contribution in [1.29, 1.82) is 0 Å². The summed E-state index contributed by atoms with van der Waals surface area (Å²) in [6.07, 6.45) is -3.42. The van der Waals surface area contributed by atoms with Gasteiger partial charge in [0, 0.05) is 11.6 Å². The Balaban J connectivity index is 1.78. The van der Waals surface area contributed by atoms with Gasteiger partial charge in [0.15, 0.2) is 0 Å². The second-order valence-corrected chi connectivity index (χ2v) is 5.86. The van der Waals surface area contributed by atoms with E-state index in [1.165, 1.54) is 12.1 Å². The van der Waals surface area contributed by atoms with Crippen molar-refractivity contribution < 1.29 is 27.2 Å². The molecule has 0 heterocycles. The molecule has 0 spiro atoms. The van der Waals surface area contributed by atoms with Gasteiger partial charge in [-0.15, -0.1) is 0 Å². The highest BCUT2D eigenvalue weighted by atomic mass is 19.4. The van der Waals surface area contributed by atoms with E-state index in [0.29, 0.717) is 12.8 Å². The summed E-state index contributed by atoms with van der Waals surface area (Å²) in [6, 6.07) is 4.25. The van der Waals surface area contributed by atoms with Gasteiger partial charge < -0.3 is 10.6 Å². The standard InChI is InChI=1S/C16H18F4N2O2/c17-12-6-4-10(5-7-12)15(24)21-9-14(23)22-13-3-1-2-11(8-13)16(18,19)20/h4-7,11,13H,1-3,8-9H2,(H,21,24)(H,22,23). The molecule has 2 unspecified atom stereocenters. The summed E-state index contributed by atoms with van der Waals surface area (Å²) in [5.74, 6) is -2.98. The number of amides is 2. The molecule has 0 saturated heterocycles. The number of carbonyl (C=O) groups is 2. The van der Waals surface area contributed by atoms with Gasteiger partial charge in [-0.3, -0.25) is 9.59 Å². The third-order valence-electron chi connectivity index (χ3n) is 4.02. The van der Waals surface area contributed by atoms with E-state index >= 15 is 0 Å². The van der Waals surface area contributed by atoms with Gasteiger partial charge in [0.2, 0.25) is 5.91 Å². The van der Waals surface area contributed by atoms with Crippen molar-refractivity contribution in [3.63, 3.8) is 0 Å². The molecule has 0 aliphatic heterocycles. The topological polar surface area (TPSA) is 58.2 Å². The molecule has 1 saturated carbocycles. The molecule has 1 aliphatic rings. The van der Waals surface area contributed by atoms with Crippen LogP contribution in [0.2, 0.25) is 0 Å². The summed E-state index contributed by atoms with van der Waals surface area (Å²) in [4.78, 5) is 23.6. The number of carbonyl (C=O) groups excluding carboxylic acids is 2. The third-order valence-corrected chi connectivity index (χ3v) is 4.02. The molecule has 1 aromatic carbocycles. The van der Waals surface area contributed by atoms with Gasteiger partial charge in [-0.25, -0.2) is 4.39 Å². The number of hydrogen-bond donors (Lipinski definition) is 2. The molecular weight excluding hydrogens is 328 g/mol. The molecule has 24 heavy (non-hydrogen) atoms. The van der Waals surface area contributed by atoms with Gasteiger partial charge >= 0.3 is 6.18 Å². The first-order valence-electron chi connectivity index (χ1n) is 7.65. The first-order valence-corrected chi connectivity index (χ1v) is 7.65. The normalized spacial score (nSPS) is 21.2. The molecule has 1 aromatic rings. The Kier molecular flexibility index (Phi) is 5.80. The van der Waals surface area contributed by atoms with E-state index in [1.807, 2.05) is 0 Å². The van der Waals surface area contributed by atoms with Crippen LogP contribution in [0.15, 0.2) is 24.3 Å². The Morgan fingerprint density at radius 3 is 2.42 bits per heavy atom. The zero-order chi connectivity index (χ0) is 17.7. The second-order valence-electron chi connectivity index (χ2n) is 5.86.